The fraction of sp³-hybridized carbons (Fsp3) is 0.333. The van der Waals surface area contributed by atoms with Crippen molar-refractivity contribution in [2.75, 3.05) is 12.3 Å². The lowest BCUT2D eigenvalue weighted by Gasteiger charge is -2.08. The van der Waals surface area contributed by atoms with Gasteiger partial charge in [0.15, 0.2) is 0 Å². The Bertz CT molecular complexity index is 802. The average Bonchev–Trinajstić information content (AvgIpc) is 2.65. The number of rotatable bonds is 9. The van der Waals surface area contributed by atoms with Gasteiger partial charge in [0.2, 0.25) is 0 Å². The van der Waals surface area contributed by atoms with Crippen LogP contribution in [0.25, 0.3) is 0 Å². The van der Waals surface area contributed by atoms with Crippen molar-refractivity contribution in [2.45, 2.75) is 38.3 Å². The topological polar surface area (TPSA) is 72.2 Å². The lowest BCUT2D eigenvalue weighted by molar-refractivity contribution is -0.137. The molecule has 0 aromatic heterocycles. The molecule has 0 aliphatic rings. The van der Waals surface area contributed by atoms with E-state index < -0.39 is 17.6 Å². The van der Waals surface area contributed by atoms with Crippen molar-refractivity contribution in [3.8, 4) is 0 Å². The molecule has 150 valence electrons. The van der Waals surface area contributed by atoms with E-state index in [9.17, 15) is 22.8 Å². The first-order valence-corrected chi connectivity index (χ1v) is 9.08. The molecule has 2 rings (SSSR count). The third-order valence-electron chi connectivity index (χ3n) is 4.34. The Morgan fingerprint density at radius 3 is 2.25 bits per heavy atom. The Morgan fingerprint density at radius 1 is 0.929 bits per heavy atom. The van der Waals surface area contributed by atoms with Crippen molar-refractivity contribution in [1.82, 2.24) is 5.32 Å². The Kier molecular flexibility index (Phi) is 7.61. The van der Waals surface area contributed by atoms with Crippen LogP contribution in [-0.4, -0.2) is 18.2 Å². The maximum Gasteiger partial charge on any atom is 0.416 e. The zero-order valence-electron chi connectivity index (χ0n) is 15.4. The van der Waals surface area contributed by atoms with Crippen LogP contribution in [0.3, 0.4) is 0 Å². The number of ketones is 1. The smallest absolute Gasteiger partial charge is 0.398 e. The second kappa shape index (κ2) is 9.92. The first kappa shape index (κ1) is 21.5. The number of unbranched alkanes of at least 4 members (excludes halogenated alkanes) is 2. The Labute approximate surface area is 161 Å². The van der Waals surface area contributed by atoms with E-state index in [2.05, 4.69) is 5.32 Å². The fourth-order valence-electron chi connectivity index (χ4n) is 2.73. The number of para-hydroxylation sites is 1. The highest BCUT2D eigenvalue weighted by molar-refractivity contribution is 5.94. The Hall–Kier alpha value is -2.83. The van der Waals surface area contributed by atoms with Crippen LogP contribution in [0.2, 0.25) is 0 Å². The number of Topliss-reactive ketones (excluding diaryl/α,β-unsaturated/α-hetero) is 1. The van der Waals surface area contributed by atoms with Gasteiger partial charge in [0.25, 0.3) is 5.91 Å². The van der Waals surface area contributed by atoms with E-state index in [4.69, 9.17) is 5.73 Å². The molecule has 0 spiro atoms. The van der Waals surface area contributed by atoms with E-state index in [1.165, 1.54) is 0 Å². The van der Waals surface area contributed by atoms with Gasteiger partial charge >= 0.3 is 6.18 Å². The van der Waals surface area contributed by atoms with Gasteiger partial charge in [-0.3, -0.25) is 9.59 Å². The van der Waals surface area contributed by atoms with Crippen LogP contribution in [0.4, 0.5) is 18.9 Å². The number of nitrogens with two attached hydrogens (primary N) is 1. The van der Waals surface area contributed by atoms with E-state index in [1.807, 2.05) is 18.2 Å². The Morgan fingerprint density at radius 2 is 1.61 bits per heavy atom. The molecule has 0 aliphatic carbocycles. The third-order valence-corrected chi connectivity index (χ3v) is 4.34. The second-order valence-corrected chi connectivity index (χ2v) is 6.56. The molecule has 0 unspecified atom stereocenters. The van der Waals surface area contributed by atoms with Crippen molar-refractivity contribution >= 4 is 17.4 Å². The summed E-state index contributed by atoms with van der Waals surface area (Å²) in [5, 5.41) is 2.67. The minimum Gasteiger partial charge on any atom is -0.398 e. The molecule has 0 aliphatic heterocycles. The molecule has 0 radical (unpaired) electrons. The number of amides is 1. The van der Waals surface area contributed by atoms with Crippen LogP contribution in [0.5, 0.6) is 0 Å². The molecule has 0 heterocycles. The summed E-state index contributed by atoms with van der Waals surface area (Å²) in [6.45, 7) is 0.402. The summed E-state index contributed by atoms with van der Waals surface area (Å²) in [4.78, 5) is 23.9. The third kappa shape index (κ3) is 6.72. The summed E-state index contributed by atoms with van der Waals surface area (Å²) >= 11 is 0. The normalized spacial score (nSPS) is 11.2. The summed E-state index contributed by atoms with van der Waals surface area (Å²) < 4.78 is 37.5. The van der Waals surface area contributed by atoms with Crippen molar-refractivity contribution in [2.24, 2.45) is 0 Å². The molecule has 4 nitrogen and oxygen atoms in total. The van der Waals surface area contributed by atoms with Gasteiger partial charge in [-0.25, -0.2) is 0 Å². The van der Waals surface area contributed by atoms with Gasteiger partial charge in [0.1, 0.15) is 5.78 Å². The molecule has 0 saturated heterocycles. The number of carbonyl (C=O) groups excluding carboxylic acids is 2. The largest absolute Gasteiger partial charge is 0.416 e. The number of alkyl halides is 3. The highest BCUT2D eigenvalue weighted by Crippen LogP contribution is 2.29. The number of nitrogens with one attached hydrogen (secondary N) is 1. The van der Waals surface area contributed by atoms with Gasteiger partial charge < -0.3 is 11.1 Å². The van der Waals surface area contributed by atoms with Gasteiger partial charge in [-0.2, -0.15) is 13.2 Å². The lowest BCUT2D eigenvalue weighted by atomic mass is 10.0. The quantitative estimate of drug-likeness (QED) is 0.491. The van der Waals surface area contributed by atoms with Crippen molar-refractivity contribution in [1.29, 1.82) is 0 Å². The van der Waals surface area contributed by atoms with Crippen LogP contribution < -0.4 is 11.1 Å². The maximum atomic E-state index is 12.5. The second-order valence-electron chi connectivity index (χ2n) is 6.56. The average molecular weight is 392 g/mol. The number of benzene rings is 2. The number of nitrogen functional groups attached to an aromatic ring is 1. The first-order valence-electron chi connectivity index (χ1n) is 9.08. The highest BCUT2D eigenvalue weighted by Gasteiger charge is 2.30. The SMILES string of the molecule is Nc1ccccc1CC(=O)CCCCCNC(=O)c1ccc(C(F)(F)F)cc1. The number of carbonyl (C=O) groups is 2. The van der Waals surface area contributed by atoms with Crippen LogP contribution >= 0.6 is 0 Å². The van der Waals surface area contributed by atoms with Crippen molar-refractivity contribution in [3.63, 3.8) is 0 Å². The molecular weight excluding hydrogens is 369 g/mol. The van der Waals surface area contributed by atoms with Gasteiger partial charge in [-0.15, -0.1) is 0 Å². The molecule has 0 saturated carbocycles. The zero-order chi connectivity index (χ0) is 20.6. The Balaban J connectivity index is 1.63. The molecule has 3 N–H and O–H groups in total. The molecule has 0 fully saturated rings. The van der Waals surface area contributed by atoms with Crippen LogP contribution in [0, 0.1) is 0 Å². The highest BCUT2D eigenvalue weighted by atomic mass is 19.4. The standard InChI is InChI=1S/C21H23F3N2O2/c22-21(23,24)17-11-9-15(10-12-17)20(28)26-13-5-1-2-7-18(27)14-16-6-3-4-8-19(16)25/h3-4,6,8-12H,1-2,5,7,13-14,25H2,(H,26,28). The summed E-state index contributed by atoms with van der Waals surface area (Å²) in [6.07, 6.45) is -1.49. The fourth-order valence-corrected chi connectivity index (χ4v) is 2.73. The van der Waals surface area contributed by atoms with Crippen molar-refractivity contribution in [3.05, 3.63) is 65.2 Å². The number of anilines is 1. The van der Waals surface area contributed by atoms with Crippen LogP contribution in [0.15, 0.2) is 48.5 Å². The molecule has 0 bridgehead atoms. The number of hydrogen-bond acceptors (Lipinski definition) is 3. The molecule has 7 heteroatoms. The minimum absolute atomic E-state index is 0.117. The summed E-state index contributed by atoms with van der Waals surface area (Å²) in [6, 6.07) is 11.4. The zero-order valence-corrected chi connectivity index (χ0v) is 15.4. The summed E-state index contributed by atoms with van der Waals surface area (Å²) in [7, 11) is 0. The van der Waals surface area contributed by atoms with E-state index in [-0.39, 0.29) is 11.3 Å². The van der Waals surface area contributed by atoms with Gasteiger partial charge in [-0.05, 0) is 48.7 Å². The molecule has 2 aromatic rings. The summed E-state index contributed by atoms with van der Waals surface area (Å²) in [5.41, 5.74) is 6.66. The molecule has 1 amide bonds. The van der Waals surface area contributed by atoms with Gasteiger partial charge in [-0.1, -0.05) is 24.6 Å². The van der Waals surface area contributed by atoms with Crippen molar-refractivity contribution < 1.29 is 22.8 Å². The minimum atomic E-state index is -4.42. The molecular formula is C21H23F3N2O2. The van der Waals surface area contributed by atoms with E-state index in [0.29, 0.717) is 37.9 Å². The summed E-state index contributed by atoms with van der Waals surface area (Å²) in [5.74, 6) is -0.295. The van der Waals surface area contributed by atoms with E-state index in [1.54, 1.807) is 6.07 Å². The van der Waals surface area contributed by atoms with Crippen LogP contribution in [-0.2, 0) is 17.4 Å². The predicted molar refractivity (Wildman–Crippen MR) is 102 cm³/mol. The number of hydrogen-bond donors (Lipinski definition) is 2. The lowest BCUT2D eigenvalue weighted by Crippen LogP contribution is -2.24. The molecule has 28 heavy (non-hydrogen) atoms. The first-order chi connectivity index (χ1) is 13.3. The monoisotopic (exact) mass is 392 g/mol. The maximum absolute atomic E-state index is 12.5. The molecule has 2 aromatic carbocycles. The van der Waals surface area contributed by atoms with Crippen LogP contribution in [0.1, 0.15) is 47.2 Å². The van der Waals surface area contributed by atoms with Gasteiger partial charge in [0, 0.05) is 30.6 Å². The van der Waals surface area contributed by atoms with E-state index >= 15 is 0 Å². The predicted octanol–water partition coefficient (Wildman–Crippen LogP) is 4.39. The molecule has 0 atom stereocenters. The van der Waals surface area contributed by atoms with E-state index in [0.717, 1.165) is 36.2 Å². The van der Waals surface area contributed by atoms with Gasteiger partial charge in [0.05, 0.1) is 5.56 Å². The number of halogens is 3.